The van der Waals surface area contributed by atoms with E-state index in [2.05, 4.69) is 20.4 Å². The molecule has 142 valence electrons. The third kappa shape index (κ3) is 4.06. The molecule has 0 bridgehead atoms. The average Bonchev–Trinajstić information content (AvgIpc) is 3.18. The van der Waals surface area contributed by atoms with Crippen LogP contribution >= 0.6 is 23.4 Å². The summed E-state index contributed by atoms with van der Waals surface area (Å²) in [5, 5.41) is 18.1. The van der Waals surface area contributed by atoms with Gasteiger partial charge in [0.15, 0.2) is 5.65 Å². The Morgan fingerprint density at radius 3 is 2.83 bits per heavy atom. The molecule has 2 heterocycles. The van der Waals surface area contributed by atoms with Gasteiger partial charge in [0.25, 0.3) is 0 Å². The van der Waals surface area contributed by atoms with E-state index in [0.29, 0.717) is 26.9 Å². The summed E-state index contributed by atoms with van der Waals surface area (Å²) in [5.74, 6) is -0.156. The molecule has 1 amide bonds. The third-order valence-electron chi connectivity index (χ3n) is 4.05. The van der Waals surface area contributed by atoms with Crippen LogP contribution in [0.4, 0.5) is 5.69 Å². The minimum absolute atomic E-state index is 0.111. The number of anilines is 1. The minimum atomic E-state index is -0.268. The highest BCUT2D eigenvalue weighted by molar-refractivity contribution is 8.00. The molecule has 0 spiro atoms. The minimum Gasteiger partial charge on any atom is -0.324 e. The van der Waals surface area contributed by atoms with Crippen LogP contribution in [0.3, 0.4) is 0 Å². The van der Waals surface area contributed by atoms with Crippen molar-refractivity contribution in [3.8, 4) is 11.8 Å². The number of hydrogen-bond acceptors (Lipinski definition) is 6. The van der Waals surface area contributed by atoms with E-state index >= 15 is 0 Å². The molecule has 29 heavy (non-hydrogen) atoms. The number of aromatic nitrogens is 4. The van der Waals surface area contributed by atoms with Gasteiger partial charge in [-0.3, -0.25) is 4.79 Å². The molecule has 4 rings (SSSR count). The molecule has 0 saturated carbocycles. The number of nitriles is 1. The second-order valence-electron chi connectivity index (χ2n) is 5.95. The van der Waals surface area contributed by atoms with E-state index in [1.807, 2.05) is 36.4 Å². The lowest BCUT2D eigenvalue weighted by molar-refractivity contribution is -0.113. The van der Waals surface area contributed by atoms with Crippen molar-refractivity contribution >= 4 is 46.0 Å². The molecule has 1 N–H and O–H groups in total. The van der Waals surface area contributed by atoms with Crippen LogP contribution in [-0.4, -0.2) is 31.4 Å². The maximum atomic E-state index is 12.4. The molecule has 4 aromatic rings. The zero-order chi connectivity index (χ0) is 20.2. The molecule has 2 aromatic carbocycles. The summed E-state index contributed by atoms with van der Waals surface area (Å²) in [6.45, 7) is 0. The van der Waals surface area contributed by atoms with Gasteiger partial charge in [-0.1, -0.05) is 41.6 Å². The molecule has 0 aliphatic heterocycles. The SMILES string of the molecule is N#Cc1ccc(Cl)cc1NC(=O)CSc1ncnc2c1cnn2-c1ccccc1. The molecule has 0 aliphatic rings. The van der Waals surface area contributed by atoms with Crippen molar-refractivity contribution in [1.82, 2.24) is 19.7 Å². The van der Waals surface area contributed by atoms with Crippen LogP contribution in [0.5, 0.6) is 0 Å². The van der Waals surface area contributed by atoms with Crippen LogP contribution in [0, 0.1) is 11.3 Å². The molecule has 0 saturated heterocycles. The van der Waals surface area contributed by atoms with Crippen LogP contribution in [0.15, 0.2) is 66.1 Å². The zero-order valence-electron chi connectivity index (χ0n) is 14.9. The van der Waals surface area contributed by atoms with E-state index in [-0.39, 0.29) is 11.7 Å². The van der Waals surface area contributed by atoms with Crippen LogP contribution in [0.1, 0.15) is 5.56 Å². The standard InChI is InChI=1S/C20H13ClN6OS/c21-14-7-6-13(9-22)17(8-14)26-18(28)11-29-20-16-10-25-27(19(16)23-12-24-20)15-4-2-1-3-5-15/h1-8,10,12H,11H2,(H,26,28). The highest BCUT2D eigenvalue weighted by atomic mass is 35.5. The van der Waals surface area contributed by atoms with Crippen molar-refractivity contribution in [2.24, 2.45) is 0 Å². The topological polar surface area (TPSA) is 96.5 Å². The number of fused-ring (bicyclic) bond motifs is 1. The van der Waals surface area contributed by atoms with Gasteiger partial charge in [-0.2, -0.15) is 10.4 Å². The molecule has 0 radical (unpaired) electrons. The van der Waals surface area contributed by atoms with Crippen LogP contribution < -0.4 is 5.32 Å². The number of hydrogen-bond donors (Lipinski definition) is 1. The lowest BCUT2D eigenvalue weighted by atomic mass is 10.2. The summed E-state index contributed by atoms with van der Waals surface area (Å²) in [5.41, 5.74) is 2.28. The Labute approximate surface area is 175 Å². The van der Waals surface area contributed by atoms with Gasteiger partial charge in [-0.25, -0.2) is 14.6 Å². The Kier molecular flexibility index (Phi) is 5.42. The molecular formula is C20H13ClN6OS. The Morgan fingerprint density at radius 2 is 2.03 bits per heavy atom. The predicted octanol–water partition coefficient (Wildman–Crippen LogP) is 4.07. The lowest BCUT2D eigenvalue weighted by Crippen LogP contribution is -2.15. The number of thioether (sulfide) groups is 1. The van der Waals surface area contributed by atoms with Crippen LogP contribution in [0.25, 0.3) is 16.7 Å². The molecular weight excluding hydrogens is 408 g/mol. The smallest absolute Gasteiger partial charge is 0.234 e. The van der Waals surface area contributed by atoms with Gasteiger partial charge in [0.2, 0.25) is 5.91 Å². The van der Waals surface area contributed by atoms with Crippen molar-refractivity contribution in [1.29, 1.82) is 5.26 Å². The van der Waals surface area contributed by atoms with Crippen molar-refractivity contribution in [3.63, 3.8) is 0 Å². The summed E-state index contributed by atoms with van der Waals surface area (Å²) in [6, 6.07) is 16.4. The van der Waals surface area contributed by atoms with Gasteiger partial charge in [0.1, 0.15) is 17.4 Å². The lowest BCUT2D eigenvalue weighted by Gasteiger charge is -2.07. The number of nitrogens with zero attached hydrogens (tertiary/aromatic N) is 5. The Morgan fingerprint density at radius 1 is 1.21 bits per heavy atom. The number of carbonyl (C=O) groups is 1. The first-order valence-electron chi connectivity index (χ1n) is 8.52. The normalized spacial score (nSPS) is 10.6. The Bertz CT molecular complexity index is 1230. The number of amides is 1. The van der Waals surface area contributed by atoms with Crippen molar-refractivity contribution < 1.29 is 4.79 Å². The van der Waals surface area contributed by atoms with Gasteiger partial charge >= 0.3 is 0 Å². The average molecular weight is 421 g/mol. The Hall–Kier alpha value is -3.41. The zero-order valence-corrected chi connectivity index (χ0v) is 16.5. The molecule has 0 aliphatic carbocycles. The first-order valence-corrected chi connectivity index (χ1v) is 9.88. The summed E-state index contributed by atoms with van der Waals surface area (Å²) in [7, 11) is 0. The maximum absolute atomic E-state index is 12.4. The van der Waals surface area contributed by atoms with E-state index in [4.69, 9.17) is 16.9 Å². The fourth-order valence-electron chi connectivity index (χ4n) is 2.73. The van der Waals surface area contributed by atoms with Crippen molar-refractivity contribution in [2.75, 3.05) is 11.1 Å². The summed E-state index contributed by atoms with van der Waals surface area (Å²) >= 11 is 7.23. The van der Waals surface area contributed by atoms with Crippen molar-refractivity contribution in [3.05, 3.63) is 71.6 Å². The van der Waals surface area contributed by atoms with Gasteiger partial charge in [0.05, 0.1) is 34.3 Å². The van der Waals surface area contributed by atoms with E-state index in [0.717, 1.165) is 11.1 Å². The van der Waals surface area contributed by atoms with E-state index in [1.54, 1.807) is 29.1 Å². The molecule has 2 aromatic heterocycles. The number of halogens is 1. The summed E-state index contributed by atoms with van der Waals surface area (Å²) in [4.78, 5) is 21.0. The second-order valence-corrected chi connectivity index (χ2v) is 7.35. The second kappa shape index (κ2) is 8.31. The van der Waals surface area contributed by atoms with E-state index in [1.165, 1.54) is 18.1 Å². The molecule has 7 nitrogen and oxygen atoms in total. The van der Waals surface area contributed by atoms with Gasteiger partial charge in [0, 0.05) is 5.02 Å². The number of para-hydroxylation sites is 1. The van der Waals surface area contributed by atoms with E-state index < -0.39 is 0 Å². The van der Waals surface area contributed by atoms with E-state index in [9.17, 15) is 4.79 Å². The maximum Gasteiger partial charge on any atom is 0.234 e. The van der Waals surface area contributed by atoms with Crippen molar-refractivity contribution in [2.45, 2.75) is 5.03 Å². The fraction of sp³-hybridized carbons (Fsp3) is 0.0500. The molecule has 0 fully saturated rings. The third-order valence-corrected chi connectivity index (χ3v) is 5.29. The summed E-state index contributed by atoms with van der Waals surface area (Å²) < 4.78 is 1.73. The Balaban J connectivity index is 1.52. The molecule has 9 heteroatoms. The predicted molar refractivity (Wildman–Crippen MR) is 112 cm³/mol. The van der Waals surface area contributed by atoms with Gasteiger partial charge in [-0.05, 0) is 30.3 Å². The monoisotopic (exact) mass is 420 g/mol. The fourth-order valence-corrected chi connectivity index (χ4v) is 3.67. The quantitative estimate of drug-likeness (QED) is 0.386. The molecule has 0 atom stereocenters. The van der Waals surface area contributed by atoms with Gasteiger partial charge in [-0.15, -0.1) is 0 Å². The first kappa shape index (κ1) is 18.9. The first-order chi connectivity index (χ1) is 14.2. The highest BCUT2D eigenvalue weighted by Gasteiger charge is 2.14. The highest BCUT2D eigenvalue weighted by Crippen LogP contribution is 2.26. The number of nitrogens with one attached hydrogen (secondary N) is 1. The van der Waals surface area contributed by atoms with Gasteiger partial charge < -0.3 is 5.32 Å². The summed E-state index contributed by atoms with van der Waals surface area (Å²) in [6.07, 6.45) is 3.14. The number of rotatable bonds is 5. The van der Waals surface area contributed by atoms with Crippen LogP contribution in [-0.2, 0) is 4.79 Å². The largest absolute Gasteiger partial charge is 0.324 e. The van der Waals surface area contributed by atoms with Crippen LogP contribution in [0.2, 0.25) is 5.02 Å². The molecule has 0 unspecified atom stereocenters. The number of carbonyl (C=O) groups excluding carboxylic acids is 1. The number of benzene rings is 2.